The maximum Gasteiger partial charge on any atom is 0.277 e. The molecule has 31 heavy (non-hydrogen) atoms. The molecule has 0 saturated heterocycles. The number of nitrogens with one attached hydrogen (secondary N) is 1. The Morgan fingerprint density at radius 2 is 1.58 bits per heavy atom. The number of carbonyl (C=O) groups excluding carboxylic acids is 1. The number of hydrogen-bond donors (Lipinski definition) is 1. The molecule has 3 aromatic rings. The van der Waals surface area contributed by atoms with Gasteiger partial charge in [-0.2, -0.15) is 5.10 Å². The van der Waals surface area contributed by atoms with E-state index in [0.717, 1.165) is 16.9 Å². The quantitative estimate of drug-likeness (QED) is 0.321. The fourth-order valence-corrected chi connectivity index (χ4v) is 2.53. The lowest BCUT2D eigenvalue weighted by atomic mass is 10.2. The van der Waals surface area contributed by atoms with Crippen LogP contribution in [0.4, 0.5) is 5.69 Å². The second-order valence-corrected chi connectivity index (χ2v) is 6.68. The van der Waals surface area contributed by atoms with Gasteiger partial charge < -0.3 is 9.47 Å². The first-order chi connectivity index (χ1) is 15.0. The second kappa shape index (κ2) is 10.5. The van der Waals surface area contributed by atoms with Crippen molar-refractivity contribution in [2.75, 3.05) is 6.61 Å². The summed E-state index contributed by atoms with van der Waals surface area (Å²) in [6, 6.07) is 20.9. The molecular weight excluding hydrogens is 398 g/mol. The Balaban J connectivity index is 1.41. The number of benzene rings is 3. The number of hydrogen-bond acceptors (Lipinski definition) is 6. The molecule has 158 valence electrons. The van der Waals surface area contributed by atoms with Crippen LogP contribution >= 0.6 is 0 Å². The number of amides is 1. The van der Waals surface area contributed by atoms with E-state index in [4.69, 9.17) is 9.47 Å². The summed E-state index contributed by atoms with van der Waals surface area (Å²) in [5, 5.41) is 14.5. The van der Waals surface area contributed by atoms with E-state index in [9.17, 15) is 14.9 Å². The minimum atomic E-state index is -0.506. The van der Waals surface area contributed by atoms with Gasteiger partial charge in [0.25, 0.3) is 11.6 Å². The molecule has 1 amide bonds. The minimum absolute atomic E-state index is 0.0482. The van der Waals surface area contributed by atoms with Gasteiger partial charge >= 0.3 is 0 Å². The molecule has 0 bridgehead atoms. The highest BCUT2D eigenvalue weighted by Gasteiger charge is 2.06. The standard InChI is InChI=1S/C23H21N3O5/c1-17-2-4-19(5-3-17)15-30-21-10-6-18(7-11-21)14-24-25-23(27)16-31-22-12-8-20(9-13-22)26(28)29/h2-14H,15-16H2,1H3,(H,25,27)/b24-14-. The summed E-state index contributed by atoms with van der Waals surface area (Å²) in [6.07, 6.45) is 1.51. The van der Waals surface area contributed by atoms with Crippen LogP contribution in [0.3, 0.4) is 0 Å². The molecule has 3 rings (SSSR count). The molecule has 0 aliphatic carbocycles. The van der Waals surface area contributed by atoms with Crippen LogP contribution in [0, 0.1) is 17.0 Å². The predicted octanol–water partition coefficient (Wildman–Crippen LogP) is 4.01. The molecule has 0 spiro atoms. The predicted molar refractivity (Wildman–Crippen MR) is 116 cm³/mol. The normalized spacial score (nSPS) is 10.6. The molecule has 0 atom stereocenters. The molecule has 0 radical (unpaired) electrons. The van der Waals surface area contributed by atoms with E-state index in [0.29, 0.717) is 12.4 Å². The number of ether oxygens (including phenoxy) is 2. The van der Waals surface area contributed by atoms with E-state index >= 15 is 0 Å². The molecule has 0 aromatic heterocycles. The van der Waals surface area contributed by atoms with E-state index in [1.807, 2.05) is 55.5 Å². The van der Waals surface area contributed by atoms with Gasteiger partial charge in [0, 0.05) is 12.1 Å². The lowest BCUT2D eigenvalue weighted by molar-refractivity contribution is -0.384. The van der Waals surface area contributed by atoms with Gasteiger partial charge in [0.15, 0.2) is 6.61 Å². The molecule has 0 heterocycles. The highest BCUT2D eigenvalue weighted by atomic mass is 16.6. The zero-order chi connectivity index (χ0) is 22.1. The third kappa shape index (κ3) is 6.97. The van der Waals surface area contributed by atoms with Crippen molar-refractivity contribution in [3.05, 3.63) is 99.6 Å². The monoisotopic (exact) mass is 419 g/mol. The average Bonchev–Trinajstić information content (AvgIpc) is 2.78. The number of rotatable bonds is 9. The molecular formula is C23H21N3O5. The highest BCUT2D eigenvalue weighted by Crippen LogP contribution is 2.17. The first-order valence-electron chi connectivity index (χ1n) is 9.47. The first-order valence-corrected chi connectivity index (χ1v) is 9.47. The van der Waals surface area contributed by atoms with Gasteiger partial charge in [0.2, 0.25) is 0 Å². The van der Waals surface area contributed by atoms with E-state index in [2.05, 4.69) is 10.5 Å². The van der Waals surface area contributed by atoms with E-state index in [-0.39, 0.29) is 12.3 Å². The van der Waals surface area contributed by atoms with Gasteiger partial charge in [-0.25, -0.2) is 5.43 Å². The topological polar surface area (TPSA) is 103 Å². The molecule has 0 unspecified atom stereocenters. The van der Waals surface area contributed by atoms with E-state index in [1.165, 1.54) is 36.0 Å². The number of carbonyl (C=O) groups is 1. The van der Waals surface area contributed by atoms with Gasteiger partial charge in [-0.1, -0.05) is 29.8 Å². The molecule has 0 fully saturated rings. The Kier molecular flexibility index (Phi) is 7.31. The molecule has 3 aromatic carbocycles. The molecule has 0 saturated carbocycles. The molecule has 0 aliphatic heterocycles. The summed E-state index contributed by atoms with van der Waals surface area (Å²) >= 11 is 0. The van der Waals surface area contributed by atoms with Crippen LogP contribution in [0.25, 0.3) is 0 Å². The number of hydrazone groups is 1. The summed E-state index contributed by atoms with van der Waals surface area (Å²) in [5.41, 5.74) is 5.40. The number of nitro benzene ring substituents is 1. The Labute approximate surface area is 179 Å². The fourth-order valence-electron chi connectivity index (χ4n) is 2.53. The van der Waals surface area contributed by atoms with Crippen molar-refractivity contribution < 1.29 is 19.2 Å². The van der Waals surface area contributed by atoms with Crippen molar-refractivity contribution in [3.8, 4) is 11.5 Å². The van der Waals surface area contributed by atoms with Crippen LogP contribution in [0.2, 0.25) is 0 Å². The van der Waals surface area contributed by atoms with Gasteiger partial charge in [-0.3, -0.25) is 14.9 Å². The van der Waals surface area contributed by atoms with Crippen molar-refractivity contribution in [3.63, 3.8) is 0 Å². The van der Waals surface area contributed by atoms with Crippen molar-refractivity contribution in [2.45, 2.75) is 13.5 Å². The lowest BCUT2D eigenvalue weighted by Crippen LogP contribution is -2.24. The Bertz CT molecular complexity index is 1050. The number of nitro groups is 1. The molecule has 8 nitrogen and oxygen atoms in total. The Hall–Kier alpha value is -4.20. The van der Waals surface area contributed by atoms with Gasteiger partial charge in [0.1, 0.15) is 18.1 Å². The van der Waals surface area contributed by atoms with Crippen LogP contribution in [0.15, 0.2) is 77.9 Å². The molecule has 8 heteroatoms. The maximum atomic E-state index is 11.8. The summed E-state index contributed by atoms with van der Waals surface area (Å²) < 4.78 is 11.0. The number of aryl methyl sites for hydroxylation is 1. The van der Waals surface area contributed by atoms with Crippen LogP contribution in [0.5, 0.6) is 11.5 Å². The summed E-state index contributed by atoms with van der Waals surface area (Å²) in [5.74, 6) is 0.636. The van der Waals surface area contributed by atoms with Gasteiger partial charge in [-0.05, 0) is 54.4 Å². The van der Waals surface area contributed by atoms with Crippen molar-refractivity contribution in [1.29, 1.82) is 0 Å². The molecule has 0 aliphatic rings. The SMILES string of the molecule is Cc1ccc(COc2ccc(/C=N\NC(=O)COc3ccc([N+](=O)[O-])cc3)cc2)cc1. The Morgan fingerprint density at radius 1 is 0.968 bits per heavy atom. The Morgan fingerprint density at radius 3 is 2.23 bits per heavy atom. The maximum absolute atomic E-state index is 11.8. The summed E-state index contributed by atoms with van der Waals surface area (Å²) in [6.45, 7) is 2.26. The number of nitrogens with zero attached hydrogens (tertiary/aromatic N) is 2. The van der Waals surface area contributed by atoms with Crippen LogP contribution in [-0.4, -0.2) is 23.7 Å². The smallest absolute Gasteiger partial charge is 0.277 e. The van der Waals surface area contributed by atoms with E-state index in [1.54, 1.807) is 0 Å². The van der Waals surface area contributed by atoms with Crippen LogP contribution < -0.4 is 14.9 Å². The van der Waals surface area contributed by atoms with Crippen molar-refractivity contribution in [2.24, 2.45) is 5.10 Å². The summed E-state index contributed by atoms with van der Waals surface area (Å²) in [7, 11) is 0. The van der Waals surface area contributed by atoms with Gasteiger partial charge in [-0.15, -0.1) is 0 Å². The third-order valence-corrected chi connectivity index (χ3v) is 4.23. The first kappa shape index (κ1) is 21.5. The van der Waals surface area contributed by atoms with Crippen LogP contribution in [-0.2, 0) is 11.4 Å². The zero-order valence-corrected chi connectivity index (χ0v) is 16.9. The van der Waals surface area contributed by atoms with Crippen LogP contribution in [0.1, 0.15) is 16.7 Å². The zero-order valence-electron chi connectivity index (χ0n) is 16.9. The summed E-state index contributed by atoms with van der Waals surface area (Å²) in [4.78, 5) is 21.9. The largest absolute Gasteiger partial charge is 0.489 e. The fraction of sp³-hybridized carbons (Fsp3) is 0.130. The molecule has 1 N–H and O–H groups in total. The second-order valence-electron chi connectivity index (χ2n) is 6.68. The lowest BCUT2D eigenvalue weighted by Gasteiger charge is -2.07. The minimum Gasteiger partial charge on any atom is -0.489 e. The highest BCUT2D eigenvalue weighted by molar-refractivity contribution is 5.83. The van der Waals surface area contributed by atoms with E-state index < -0.39 is 10.8 Å². The average molecular weight is 419 g/mol. The number of non-ortho nitro benzene ring substituents is 1. The van der Waals surface area contributed by atoms with Crippen molar-refractivity contribution in [1.82, 2.24) is 5.43 Å². The van der Waals surface area contributed by atoms with Gasteiger partial charge in [0.05, 0.1) is 11.1 Å². The third-order valence-electron chi connectivity index (χ3n) is 4.23. The van der Waals surface area contributed by atoms with Crippen molar-refractivity contribution >= 4 is 17.8 Å².